The summed E-state index contributed by atoms with van der Waals surface area (Å²) in [6, 6.07) is 24.8. The van der Waals surface area contributed by atoms with E-state index in [2.05, 4.69) is 31.4 Å². The maximum Gasteiger partial charge on any atom is 0.196 e. The van der Waals surface area contributed by atoms with Crippen molar-refractivity contribution in [1.29, 1.82) is 0 Å². The predicted molar refractivity (Wildman–Crippen MR) is 129 cm³/mol. The molecule has 0 saturated heterocycles. The third-order valence-corrected chi connectivity index (χ3v) is 6.18. The number of ketones is 1. The number of nitrogens with one attached hydrogen (secondary N) is 1. The van der Waals surface area contributed by atoms with Crippen LogP contribution in [-0.4, -0.2) is 26.3 Å². The lowest BCUT2D eigenvalue weighted by atomic mass is 10.2. The van der Waals surface area contributed by atoms with Gasteiger partial charge in [-0.2, -0.15) is 0 Å². The molecule has 0 unspecified atom stereocenters. The number of Topliss-reactive ketones (excluding diaryl/α,β-unsaturated/α-hetero) is 1. The van der Waals surface area contributed by atoms with E-state index in [1.54, 1.807) is 0 Å². The average molecular weight is 514 g/mol. The van der Waals surface area contributed by atoms with Crippen LogP contribution >= 0.6 is 39.3 Å². The highest BCUT2D eigenvalue weighted by Crippen LogP contribution is 2.24. The molecule has 8 heteroatoms. The van der Waals surface area contributed by atoms with Crippen LogP contribution in [-0.2, 0) is 6.54 Å². The molecule has 0 aliphatic heterocycles. The summed E-state index contributed by atoms with van der Waals surface area (Å²) in [5, 5.41) is 13.4. The number of benzene rings is 3. The van der Waals surface area contributed by atoms with Gasteiger partial charge < -0.3 is 5.32 Å². The van der Waals surface area contributed by atoms with Crippen molar-refractivity contribution < 1.29 is 4.79 Å². The van der Waals surface area contributed by atoms with Crippen molar-refractivity contribution >= 4 is 50.8 Å². The molecule has 4 rings (SSSR count). The normalized spacial score (nSPS) is 10.8. The van der Waals surface area contributed by atoms with Crippen molar-refractivity contribution in [3.8, 4) is 5.69 Å². The second-order valence-electron chi connectivity index (χ2n) is 6.65. The number of halogens is 2. The van der Waals surface area contributed by atoms with Crippen molar-refractivity contribution in [2.24, 2.45) is 0 Å². The predicted octanol–water partition coefficient (Wildman–Crippen LogP) is 6.27. The molecule has 0 atom stereocenters. The van der Waals surface area contributed by atoms with Crippen LogP contribution in [0.2, 0.25) is 5.02 Å². The van der Waals surface area contributed by atoms with Crippen LogP contribution in [0.4, 0.5) is 5.69 Å². The van der Waals surface area contributed by atoms with E-state index in [0.29, 0.717) is 22.3 Å². The molecule has 4 aromatic rings. The highest BCUT2D eigenvalue weighted by atomic mass is 79.9. The van der Waals surface area contributed by atoms with E-state index in [4.69, 9.17) is 11.6 Å². The zero-order valence-electron chi connectivity index (χ0n) is 16.3. The molecular weight excluding hydrogens is 496 g/mol. The van der Waals surface area contributed by atoms with Gasteiger partial charge in [-0.15, -0.1) is 10.2 Å². The van der Waals surface area contributed by atoms with E-state index in [1.807, 2.05) is 83.4 Å². The zero-order valence-corrected chi connectivity index (χ0v) is 19.5. The smallest absolute Gasteiger partial charge is 0.196 e. The Kier molecular flexibility index (Phi) is 7.06. The van der Waals surface area contributed by atoms with Gasteiger partial charge in [-0.3, -0.25) is 9.36 Å². The maximum absolute atomic E-state index is 12.6. The molecule has 156 valence electrons. The number of carbonyl (C=O) groups is 1. The fraction of sp³-hybridized carbons (Fsp3) is 0.0870. The minimum Gasteiger partial charge on any atom is -0.378 e. The molecule has 0 aliphatic carbocycles. The molecule has 3 aromatic carbocycles. The van der Waals surface area contributed by atoms with Crippen LogP contribution in [0, 0.1) is 0 Å². The second kappa shape index (κ2) is 10.1. The number of hydrogen-bond acceptors (Lipinski definition) is 5. The van der Waals surface area contributed by atoms with Crippen molar-refractivity contribution in [3.63, 3.8) is 0 Å². The summed E-state index contributed by atoms with van der Waals surface area (Å²) >= 11 is 10.8. The van der Waals surface area contributed by atoms with Gasteiger partial charge in [0, 0.05) is 26.4 Å². The molecule has 1 N–H and O–H groups in total. The number of anilines is 1. The van der Waals surface area contributed by atoms with Crippen molar-refractivity contribution in [2.45, 2.75) is 11.7 Å². The second-order valence-corrected chi connectivity index (χ2v) is 8.95. The van der Waals surface area contributed by atoms with Gasteiger partial charge in [0.05, 0.1) is 12.3 Å². The average Bonchev–Trinajstić information content (AvgIpc) is 3.20. The third kappa shape index (κ3) is 5.55. The Morgan fingerprint density at radius 2 is 1.77 bits per heavy atom. The Morgan fingerprint density at radius 3 is 2.52 bits per heavy atom. The van der Waals surface area contributed by atoms with E-state index in [-0.39, 0.29) is 11.5 Å². The molecule has 0 radical (unpaired) electrons. The molecule has 0 fully saturated rings. The van der Waals surface area contributed by atoms with Crippen molar-refractivity contribution in [1.82, 2.24) is 14.8 Å². The molecular formula is C23H18BrClN4OS. The fourth-order valence-corrected chi connectivity index (χ4v) is 4.29. The lowest BCUT2D eigenvalue weighted by Gasteiger charge is -2.11. The van der Waals surface area contributed by atoms with Gasteiger partial charge in [0.1, 0.15) is 0 Å². The molecule has 1 heterocycles. The van der Waals surface area contributed by atoms with Crippen LogP contribution in [0.25, 0.3) is 5.69 Å². The highest BCUT2D eigenvalue weighted by molar-refractivity contribution is 9.10. The molecule has 0 spiro atoms. The Bertz CT molecular complexity index is 1180. The molecule has 5 nitrogen and oxygen atoms in total. The number of carbonyl (C=O) groups excluding carboxylic acids is 1. The molecule has 0 amide bonds. The van der Waals surface area contributed by atoms with E-state index >= 15 is 0 Å². The summed E-state index contributed by atoms with van der Waals surface area (Å²) in [4.78, 5) is 12.6. The summed E-state index contributed by atoms with van der Waals surface area (Å²) in [6.45, 7) is 0.462. The minimum absolute atomic E-state index is 0.0405. The Labute approximate surface area is 198 Å². The Morgan fingerprint density at radius 1 is 1.00 bits per heavy atom. The first kappa shape index (κ1) is 21.6. The summed E-state index contributed by atoms with van der Waals surface area (Å²) in [5.74, 6) is 1.05. The lowest BCUT2D eigenvalue weighted by molar-refractivity contribution is 0.102. The number of hydrogen-bond donors (Lipinski definition) is 1. The summed E-state index contributed by atoms with van der Waals surface area (Å²) in [7, 11) is 0. The maximum atomic E-state index is 12.6. The molecule has 0 saturated carbocycles. The van der Waals surface area contributed by atoms with Crippen LogP contribution in [0.5, 0.6) is 0 Å². The zero-order chi connectivity index (χ0) is 21.6. The van der Waals surface area contributed by atoms with Crippen molar-refractivity contribution in [3.05, 3.63) is 99.7 Å². The number of thioether (sulfide) groups is 1. The molecule has 31 heavy (non-hydrogen) atoms. The highest BCUT2D eigenvalue weighted by Gasteiger charge is 2.16. The topological polar surface area (TPSA) is 59.8 Å². The first-order chi connectivity index (χ1) is 15.1. The van der Waals surface area contributed by atoms with Crippen LogP contribution < -0.4 is 5.32 Å². The van der Waals surface area contributed by atoms with Crippen LogP contribution in [0.3, 0.4) is 0 Å². The monoisotopic (exact) mass is 512 g/mol. The molecule has 1 aromatic heterocycles. The lowest BCUT2D eigenvalue weighted by Crippen LogP contribution is -2.09. The summed E-state index contributed by atoms with van der Waals surface area (Å²) in [6.07, 6.45) is 0. The van der Waals surface area contributed by atoms with E-state index < -0.39 is 0 Å². The van der Waals surface area contributed by atoms with Crippen molar-refractivity contribution in [2.75, 3.05) is 11.1 Å². The fourth-order valence-electron chi connectivity index (χ4n) is 2.97. The Balaban J connectivity index is 1.54. The third-order valence-electron chi connectivity index (χ3n) is 4.49. The van der Waals surface area contributed by atoms with Gasteiger partial charge in [-0.25, -0.2) is 0 Å². The summed E-state index contributed by atoms with van der Waals surface area (Å²) < 4.78 is 2.91. The summed E-state index contributed by atoms with van der Waals surface area (Å²) in [5.41, 5.74) is 2.51. The van der Waals surface area contributed by atoms with Gasteiger partial charge in [0.25, 0.3) is 0 Å². The number of para-hydroxylation sites is 1. The van der Waals surface area contributed by atoms with Crippen LogP contribution in [0.15, 0.2) is 88.5 Å². The van der Waals surface area contributed by atoms with E-state index in [9.17, 15) is 4.79 Å². The van der Waals surface area contributed by atoms with Gasteiger partial charge in [0.15, 0.2) is 16.8 Å². The largest absolute Gasteiger partial charge is 0.378 e. The molecule has 0 aliphatic rings. The van der Waals surface area contributed by atoms with E-state index in [1.165, 1.54) is 11.8 Å². The standard InChI is InChI=1S/C23H18BrClN4OS/c24-17-11-9-16(10-12-17)21(30)15-31-23-28-27-22(29(23)20-7-2-1-3-8-20)14-26-19-6-4-5-18(25)13-19/h1-13,26H,14-15H2. The van der Waals surface area contributed by atoms with Gasteiger partial charge >= 0.3 is 0 Å². The van der Waals surface area contributed by atoms with Gasteiger partial charge in [0.2, 0.25) is 0 Å². The Hall–Kier alpha value is -2.61. The van der Waals surface area contributed by atoms with E-state index in [0.717, 1.165) is 21.7 Å². The molecule has 0 bridgehead atoms. The van der Waals surface area contributed by atoms with Gasteiger partial charge in [-0.05, 0) is 42.5 Å². The number of nitrogens with zero attached hydrogens (tertiary/aromatic N) is 3. The first-order valence-electron chi connectivity index (χ1n) is 9.51. The van der Waals surface area contributed by atoms with Crippen LogP contribution in [0.1, 0.15) is 16.2 Å². The number of aromatic nitrogens is 3. The SMILES string of the molecule is O=C(CSc1nnc(CNc2cccc(Cl)c2)n1-c1ccccc1)c1ccc(Br)cc1. The van der Waals surface area contributed by atoms with Gasteiger partial charge in [-0.1, -0.05) is 75.7 Å². The quantitative estimate of drug-likeness (QED) is 0.222. The number of rotatable bonds is 8. The first-order valence-corrected chi connectivity index (χ1v) is 11.7. The minimum atomic E-state index is 0.0405.